The molecule has 0 amide bonds. The summed E-state index contributed by atoms with van der Waals surface area (Å²) in [4.78, 5) is 9.00. The lowest BCUT2D eigenvalue weighted by Crippen LogP contribution is -2.29. The highest BCUT2D eigenvalue weighted by molar-refractivity contribution is 7.09. The van der Waals surface area contributed by atoms with E-state index in [1.54, 1.807) is 11.3 Å². The Kier molecular flexibility index (Phi) is 4.12. The van der Waals surface area contributed by atoms with E-state index in [0.717, 1.165) is 35.3 Å². The molecule has 6 heteroatoms. The van der Waals surface area contributed by atoms with E-state index < -0.39 is 0 Å². The lowest BCUT2D eigenvalue weighted by Gasteiger charge is -2.25. The van der Waals surface area contributed by atoms with Gasteiger partial charge in [0.25, 0.3) is 0 Å². The third-order valence-electron chi connectivity index (χ3n) is 3.94. The summed E-state index contributed by atoms with van der Waals surface area (Å²) in [6, 6.07) is 0.645. The summed E-state index contributed by atoms with van der Waals surface area (Å²) in [6.45, 7) is 2.00. The Balaban J connectivity index is 1.62. The average molecular weight is 292 g/mol. The van der Waals surface area contributed by atoms with E-state index >= 15 is 0 Å². The Morgan fingerprint density at radius 3 is 2.75 bits per heavy atom. The molecular weight excluding hydrogens is 272 g/mol. The SMILES string of the molecule is CNC1CCC(c2nc(Cc3nc(C)cs3)no2)CC1. The van der Waals surface area contributed by atoms with Crippen LogP contribution in [0, 0.1) is 6.92 Å². The van der Waals surface area contributed by atoms with Crippen molar-refractivity contribution in [3.63, 3.8) is 0 Å². The van der Waals surface area contributed by atoms with Crippen molar-refractivity contribution < 1.29 is 4.52 Å². The van der Waals surface area contributed by atoms with E-state index in [1.807, 2.05) is 14.0 Å². The van der Waals surface area contributed by atoms with Crippen LogP contribution in [0.5, 0.6) is 0 Å². The zero-order chi connectivity index (χ0) is 13.9. The standard InChI is InChI=1S/C14H20N4OS/c1-9-8-20-13(16-9)7-12-17-14(19-18-12)10-3-5-11(15-2)6-4-10/h8,10-11,15H,3-7H2,1-2H3. The van der Waals surface area contributed by atoms with Gasteiger partial charge in [-0.25, -0.2) is 4.98 Å². The molecule has 0 radical (unpaired) electrons. The largest absolute Gasteiger partial charge is 0.339 e. The highest BCUT2D eigenvalue weighted by Crippen LogP contribution is 2.31. The predicted molar refractivity (Wildman–Crippen MR) is 78.0 cm³/mol. The van der Waals surface area contributed by atoms with Gasteiger partial charge in [0.2, 0.25) is 5.89 Å². The van der Waals surface area contributed by atoms with Gasteiger partial charge in [-0.2, -0.15) is 4.98 Å². The zero-order valence-electron chi connectivity index (χ0n) is 11.9. The quantitative estimate of drug-likeness (QED) is 0.938. The molecular formula is C14H20N4OS. The monoisotopic (exact) mass is 292 g/mol. The second kappa shape index (κ2) is 6.01. The lowest BCUT2D eigenvalue weighted by atomic mass is 9.86. The van der Waals surface area contributed by atoms with Crippen LogP contribution in [0.25, 0.3) is 0 Å². The highest BCUT2D eigenvalue weighted by atomic mass is 32.1. The van der Waals surface area contributed by atoms with Crippen molar-refractivity contribution in [2.45, 2.75) is 51.0 Å². The Bertz CT molecular complexity index is 557. The number of rotatable bonds is 4. The lowest BCUT2D eigenvalue weighted by molar-refractivity contribution is 0.287. The first-order valence-electron chi connectivity index (χ1n) is 7.15. The van der Waals surface area contributed by atoms with Crippen LogP contribution in [-0.4, -0.2) is 28.2 Å². The van der Waals surface area contributed by atoms with E-state index in [1.165, 1.54) is 12.8 Å². The maximum Gasteiger partial charge on any atom is 0.229 e. The van der Waals surface area contributed by atoms with Gasteiger partial charge in [0.15, 0.2) is 5.82 Å². The van der Waals surface area contributed by atoms with E-state index in [9.17, 15) is 0 Å². The maximum absolute atomic E-state index is 5.45. The molecule has 0 aromatic carbocycles. The molecule has 0 unspecified atom stereocenters. The first-order valence-corrected chi connectivity index (χ1v) is 8.03. The molecule has 0 saturated heterocycles. The van der Waals surface area contributed by atoms with Gasteiger partial charge in [-0.05, 0) is 39.7 Å². The predicted octanol–water partition coefficient (Wildman–Crippen LogP) is 2.67. The number of nitrogens with one attached hydrogen (secondary N) is 1. The first-order chi connectivity index (χ1) is 9.74. The zero-order valence-corrected chi connectivity index (χ0v) is 12.7. The van der Waals surface area contributed by atoms with Crippen LogP contribution in [0.2, 0.25) is 0 Å². The molecule has 20 heavy (non-hydrogen) atoms. The number of aromatic nitrogens is 3. The van der Waals surface area contributed by atoms with Crippen molar-refractivity contribution in [3.05, 3.63) is 27.8 Å². The van der Waals surface area contributed by atoms with E-state index in [0.29, 0.717) is 18.4 Å². The van der Waals surface area contributed by atoms with E-state index in [4.69, 9.17) is 4.52 Å². The fourth-order valence-electron chi connectivity index (χ4n) is 2.75. The van der Waals surface area contributed by atoms with Gasteiger partial charge in [0.1, 0.15) is 5.01 Å². The summed E-state index contributed by atoms with van der Waals surface area (Å²) in [7, 11) is 2.03. The van der Waals surface area contributed by atoms with Gasteiger partial charge in [-0.1, -0.05) is 5.16 Å². The normalized spacial score (nSPS) is 23.1. The van der Waals surface area contributed by atoms with Crippen LogP contribution in [0.1, 0.15) is 54.0 Å². The maximum atomic E-state index is 5.45. The molecule has 2 aromatic heterocycles. The van der Waals surface area contributed by atoms with Gasteiger partial charge in [-0.3, -0.25) is 0 Å². The molecule has 1 saturated carbocycles. The average Bonchev–Trinajstić information content (AvgIpc) is 3.09. The van der Waals surface area contributed by atoms with Crippen LogP contribution >= 0.6 is 11.3 Å². The van der Waals surface area contributed by atoms with E-state index in [-0.39, 0.29) is 0 Å². The Hall–Kier alpha value is -1.27. The fraction of sp³-hybridized carbons (Fsp3) is 0.643. The molecule has 0 bridgehead atoms. The molecule has 2 aromatic rings. The van der Waals surface area contributed by atoms with Crippen LogP contribution in [0.15, 0.2) is 9.90 Å². The molecule has 5 nitrogen and oxygen atoms in total. The molecule has 1 N–H and O–H groups in total. The summed E-state index contributed by atoms with van der Waals surface area (Å²) in [5.74, 6) is 1.99. The number of hydrogen-bond acceptors (Lipinski definition) is 6. The van der Waals surface area contributed by atoms with Gasteiger partial charge < -0.3 is 9.84 Å². The Morgan fingerprint density at radius 1 is 1.30 bits per heavy atom. The molecule has 1 aliphatic rings. The smallest absolute Gasteiger partial charge is 0.229 e. The van der Waals surface area contributed by atoms with Crippen LogP contribution in [-0.2, 0) is 6.42 Å². The van der Waals surface area contributed by atoms with Gasteiger partial charge >= 0.3 is 0 Å². The van der Waals surface area contributed by atoms with Gasteiger partial charge in [0, 0.05) is 23.0 Å². The van der Waals surface area contributed by atoms with Crippen LogP contribution in [0.3, 0.4) is 0 Å². The van der Waals surface area contributed by atoms with Crippen LogP contribution < -0.4 is 5.32 Å². The molecule has 0 aliphatic heterocycles. The number of aryl methyl sites for hydroxylation is 1. The molecule has 0 spiro atoms. The number of hydrogen-bond donors (Lipinski definition) is 1. The topological polar surface area (TPSA) is 63.8 Å². The van der Waals surface area contributed by atoms with E-state index in [2.05, 4.69) is 25.8 Å². The van der Waals surface area contributed by atoms with Crippen molar-refractivity contribution in [1.82, 2.24) is 20.4 Å². The second-order valence-corrected chi connectivity index (χ2v) is 6.39. The second-order valence-electron chi connectivity index (χ2n) is 5.45. The van der Waals surface area contributed by atoms with Gasteiger partial charge in [-0.15, -0.1) is 11.3 Å². The summed E-state index contributed by atoms with van der Waals surface area (Å²) < 4.78 is 5.45. The molecule has 3 rings (SSSR count). The minimum absolute atomic E-state index is 0.430. The minimum Gasteiger partial charge on any atom is -0.339 e. The third kappa shape index (κ3) is 3.07. The summed E-state index contributed by atoms with van der Waals surface area (Å²) in [6.07, 6.45) is 5.30. The minimum atomic E-state index is 0.430. The Labute approximate surface area is 122 Å². The summed E-state index contributed by atoms with van der Waals surface area (Å²) in [5, 5.41) is 10.5. The van der Waals surface area contributed by atoms with Gasteiger partial charge in [0.05, 0.1) is 6.42 Å². The van der Waals surface area contributed by atoms with Crippen molar-refractivity contribution in [1.29, 1.82) is 0 Å². The fourth-order valence-corrected chi connectivity index (χ4v) is 3.52. The molecule has 1 aliphatic carbocycles. The molecule has 108 valence electrons. The van der Waals surface area contributed by atoms with Crippen molar-refractivity contribution >= 4 is 11.3 Å². The first kappa shape index (κ1) is 13.7. The molecule has 0 atom stereocenters. The summed E-state index contributed by atoms with van der Waals surface area (Å²) in [5.41, 5.74) is 1.05. The van der Waals surface area contributed by atoms with Crippen molar-refractivity contribution in [2.24, 2.45) is 0 Å². The van der Waals surface area contributed by atoms with Crippen molar-refractivity contribution in [2.75, 3.05) is 7.05 Å². The summed E-state index contributed by atoms with van der Waals surface area (Å²) >= 11 is 1.65. The van der Waals surface area contributed by atoms with Crippen molar-refractivity contribution in [3.8, 4) is 0 Å². The number of thiazole rings is 1. The Morgan fingerprint density at radius 2 is 2.10 bits per heavy atom. The highest BCUT2D eigenvalue weighted by Gasteiger charge is 2.25. The number of nitrogens with zero attached hydrogens (tertiary/aromatic N) is 3. The third-order valence-corrected chi connectivity index (χ3v) is 4.91. The van der Waals surface area contributed by atoms with Crippen LogP contribution in [0.4, 0.5) is 0 Å². The molecule has 2 heterocycles. The molecule has 1 fully saturated rings.